The molecule has 8 nitrogen and oxygen atoms in total. The van der Waals surface area contributed by atoms with E-state index in [0.717, 1.165) is 28.0 Å². The van der Waals surface area contributed by atoms with Crippen LogP contribution in [0.4, 0.5) is 0 Å². The van der Waals surface area contributed by atoms with Crippen LogP contribution in [0.1, 0.15) is 33.9 Å². The number of benzene rings is 7. The fourth-order valence-electron chi connectivity index (χ4n) is 7.22. The Bertz CT molecular complexity index is 2670. The number of fused-ring (bicyclic) bond motifs is 3. The van der Waals surface area contributed by atoms with E-state index in [1.54, 1.807) is 18.2 Å². The van der Waals surface area contributed by atoms with Gasteiger partial charge >= 0.3 is 5.95 Å². The molecule has 2 unspecified atom stereocenters. The van der Waals surface area contributed by atoms with Crippen molar-refractivity contribution in [3.63, 3.8) is 0 Å². The molecule has 0 saturated heterocycles. The summed E-state index contributed by atoms with van der Waals surface area (Å²) < 4.78 is 0. The molecule has 0 spiro atoms. The monoisotopic (exact) mass is 730 g/mol. The molecule has 0 fully saturated rings. The van der Waals surface area contributed by atoms with Crippen molar-refractivity contribution in [2.24, 2.45) is 0 Å². The Balaban J connectivity index is 0.000000227. The number of hydrogen-bond donors (Lipinski definition) is 8. The summed E-state index contributed by atoms with van der Waals surface area (Å²) in [4.78, 5) is 0. The quantitative estimate of drug-likeness (QED) is 0.0812. The van der Waals surface area contributed by atoms with Gasteiger partial charge in [-0.2, -0.15) is 0 Å². The summed E-state index contributed by atoms with van der Waals surface area (Å²) in [6.07, 6.45) is -3.64. The molecule has 0 radical (unpaired) electrons. The van der Waals surface area contributed by atoms with Gasteiger partial charge in [0.15, 0.2) is 11.5 Å². The van der Waals surface area contributed by atoms with Gasteiger partial charge in [-0.1, -0.05) is 128 Å². The van der Waals surface area contributed by atoms with Crippen LogP contribution in [0.2, 0.25) is 0 Å². The summed E-state index contributed by atoms with van der Waals surface area (Å²) >= 11 is 0. The maximum atomic E-state index is 10.9. The number of hydrogen-bond acceptors (Lipinski definition) is 8. The zero-order chi connectivity index (χ0) is 39.0. The third-order valence-corrected chi connectivity index (χ3v) is 9.95. The first-order valence-corrected chi connectivity index (χ1v) is 17.5. The van der Waals surface area contributed by atoms with Crippen molar-refractivity contribution >= 4 is 38.8 Å². The van der Waals surface area contributed by atoms with E-state index in [0.29, 0.717) is 5.56 Å². The summed E-state index contributed by atoms with van der Waals surface area (Å²) in [5.41, 5.74) is 5.13. The normalized spacial score (nSPS) is 14.9. The smallest absolute Gasteiger partial charge is 0.318 e. The number of rotatable bonds is 5. The van der Waals surface area contributed by atoms with Crippen LogP contribution in [0.25, 0.3) is 72.2 Å². The van der Waals surface area contributed by atoms with Crippen molar-refractivity contribution in [2.45, 2.75) is 19.1 Å². The van der Waals surface area contributed by atoms with Gasteiger partial charge < -0.3 is 40.9 Å². The molecule has 8 rings (SSSR count). The first-order chi connectivity index (χ1) is 26.5. The lowest BCUT2D eigenvalue weighted by molar-refractivity contribution is 0.0124. The van der Waals surface area contributed by atoms with Crippen LogP contribution in [0.5, 0.6) is 0 Å². The van der Waals surface area contributed by atoms with Crippen molar-refractivity contribution in [3.8, 4) is 33.4 Å². The molecule has 2 atom stereocenters. The average Bonchev–Trinajstić information content (AvgIpc) is 3.21. The zero-order valence-corrected chi connectivity index (χ0v) is 29.7. The molecule has 0 bridgehead atoms. The highest BCUT2D eigenvalue weighted by Crippen LogP contribution is 2.47. The second-order valence-electron chi connectivity index (χ2n) is 13.4. The molecular formula is C47H38O8. The standard InChI is InChI=1S/C30H24O8.C17H14/c1-14(31)22-20(26(33)30(37)38)13-21-24(27(34)29(36)28(35)25(21)32)23(22)19-8-4-7-17(12-19)18-10-9-15-5-2-3-6-16(15)11-18;1-13-11-12-16(14-7-3-2-4-8-14)17-10-6-5-9-15(13)17/h2-13,25,28,31-38H,1H2;2-12H,1H3. The minimum atomic E-state index is -1.89. The van der Waals surface area contributed by atoms with Crippen molar-refractivity contribution < 1.29 is 40.9 Å². The molecule has 274 valence electrons. The van der Waals surface area contributed by atoms with E-state index in [4.69, 9.17) is 0 Å². The molecule has 0 heterocycles. The maximum absolute atomic E-state index is 10.9. The van der Waals surface area contributed by atoms with Gasteiger partial charge in [0.05, 0.1) is 0 Å². The zero-order valence-electron chi connectivity index (χ0n) is 29.7. The Morgan fingerprint density at radius 1 is 0.545 bits per heavy atom. The van der Waals surface area contributed by atoms with E-state index in [1.807, 2.05) is 48.5 Å². The summed E-state index contributed by atoms with van der Waals surface area (Å²) in [5, 5.41) is 87.2. The van der Waals surface area contributed by atoms with E-state index in [1.165, 1.54) is 27.5 Å². The van der Waals surface area contributed by atoms with Crippen LogP contribution >= 0.6 is 0 Å². The van der Waals surface area contributed by atoms with Gasteiger partial charge in [-0.05, 0) is 85.6 Å². The van der Waals surface area contributed by atoms with Crippen molar-refractivity contribution in [1.29, 1.82) is 0 Å². The van der Waals surface area contributed by atoms with E-state index >= 15 is 0 Å². The van der Waals surface area contributed by atoms with E-state index in [9.17, 15) is 40.9 Å². The molecule has 0 amide bonds. The van der Waals surface area contributed by atoms with Crippen LogP contribution in [0.3, 0.4) is 0 Å². The molecule has 55 heavy (non-hydrogen) atoms. The third kappa shape index (κ3) is 6.72. The summed E-state index contributed by atoms with van der Waals surface area (Å²) in [7, 11) is 0. The summed E-state index contributed by atoms with van der Waals surface area (Å²) in [6, 6.07) is 45.3. The van der Waals surface area contributed by atoms with Gasteiger partial charge in [-0.3, -0.25) is 0 Å². The molecule has 1 aliphatic rings. The van der Waals surface area contributed by atoms with Crippen molar-refractivity contribution in [1.82, 2.24) is 0 Å². The van der Waals surface area contributed by atoms with Gasteiger partial charge in [-0.25, -0.2) is 0 Å². The number of aliphatic hydroxyl groups excluding tert-OH is 7. The third-order valence-electron chi connectivity index (χ3n) is 9.95. The Kier molecular flexibility index (Phi) is 9.78. The molecule has 0 aliphatic heterocycles. The van der Waals surface area contributed by atoms with Gasteiger partial charge in [0.1, 0.15) is 18.0 Å². The fraction of sp³-hybridized carbons (Fsp3) is 0.0638. The minimum Gasteiger partial charge on any atom is -0.508 e. The predicted octanol–water partition coefficient (Wildman–Crippen LogP) is 11.0. The van der Waals surface area contributed by atoms with Crippen molar-refractivity contribution in [3.05, 3.63) is 186 Å². The van der Waals surface area contributed by atoms with Gasteiger partial charge in [0, 0.05) is 22.3 Å². The lowest BCUT2D eigenvalue weighted by Crippen LogP contribution is -2.28. The summed E-state index contributed by atoms with van der Waals surface area (Å²) in [5.74, 6) is -4.74. The molecular weight excluding hydrogens is 693 g/mol. The van der Waals surface area contributed by atoms with E-state index in [-0.39, 0.29) is 27.8 Å². The lowest BCUT2D eigenvalue weighted by atomic mass is 9.79. The Morgan fingerprint density at radius 3 is 1.87 bits per heavy atom. The Hall–Kier alpha value is -7.00. The topological polar surface area (TPSA) is 162 Å². The molecule has 7 aromatic rings. The first kappa shape index (κ1) is 36.4. The SMILES string of the molecule is C=C(O)c1c(C(O)=C(O)O)cc2c(c1-c1cccc(-c3ccc4ccccc4c3)c1)C(O)=C(O)C(O)C2O.Cc1ccc(-c2ccccc2)c2ccccc12. The van der Waals surface area contributed by atoms with Crippen LogP contribution in [0.15, 0.2) is 158 Å². The molecule has 8 heteroatoms. The molecule has 1 aliphatic carbocycles. The molecule has 7 aromatic carbocycles. The number of aryl methyl sites for hydroxylation is 1. The number of aliphatic hydroxyl groups is 8. The second kappa shape index (κ2) is 14.8. The summed E-state index contributed by atoms with van der Waals surface area (Å²) in [6.45, 7) is 5.71. The van der Waals surface area contributed by atoms with Crippen LogP contribution in [-0.4, -0.2) is 47.0 Å². The largest absolute Gasteiger partial charge is 0.508 e. The Labute approximate surface area is 317 Å². The average molecular weight is 731 g/mol. The molecule has 0 aromatic heterocycles. The Morgan fingerprint density at radius 2 is 1.16 bits per heavy atom. The minimum absolute atomic E-state index is 0.0236. The molecule has 0 saturated carbocycles. The predicted molar refractivity (Wildman–Crippen MR) is 219 cm³/mol. The van der Waals surface area contributed by atoms with E-state index < -0.39 is 41.2 Å². The van der Waals surface area contributed by atoms with Crippen molar-refractivity contribution in [2.75, 3.05) is 0 Å². The maximum Gasteiger partial charge on any atom is 0.318 e. The van der Waals surface area contributed by atoms with Gasteiger partial charge in [-0.15, -0.1) is 0 Å². The van der Waals surface area contributed by atoms with E-state index in [2.05, 4.69) is 80.2 Å². The van der Waals surface area contributed by atoms with Crippen LogP contribution in [-0.2, 0) is 0 Å². The van der Waals surface area contributed by atoms with Crippen LogP contribution < -0.4 is 0 Å². The van der Waals surface area contributed by atoms with Gasteiger partial charge in [0.2, 0.25) is 5.76 Å². The second-order valence-corrected chi connectivity index (χ2v) is 13.4. The highest BCUT2D eigenvalue weighted by molar-refractivity contribution is 5.99. The lowest BCUT2D eigenvalue weighted by Gasteiger charge is -2.30. The highest BCUT2D eigenvalue weighted by atomic mass is 16.5. The van der Waals surface area contributed by atoms with Crippen LogP contribution in [0, 0.1) is 6.92 Å². The molecule has 8 N–H and O–H groups in total. The first-order valence-electron chi connectivity index (χ1n) is 17.5. The fourth-order valence-corrected chi connectivity index (χ4v) is 7.22. The van der Waals surface area contributed by atoms with Gasteiger partial charge in [0.25, 0.3) is 0 Å². The highest BCUT2D eigenvalue weighted by Gasteiger charge is 2.38.